The SMILES string of the molecule is COc1cc(C)oc(=O)c1C(=O)/C=C/c1cccc(OCC#N)c1. The van der Waals surface area contributed by atoms with E-state index in [9.17, 15) is 9.59 Å². The first-order valence-corrected chi connectivity index (χ1v) is 7.06. The van der Waals surface area contributed by atoms with E-state index in [4.69, 9.17) is 19.2 Å². The maximum atomic E-state index is 12.3. The lowest BCUT2D eigenvalue weighted by Gasteiger charge is -2.05. The van der Waals surface area contributed by atoms with E-state index < -0.39 is 11.4 Å². The minimum absolute atomic E-state index is 0.0618. The van der Waals surface area contributed by atoms with Crippen molar-refractivity contribution in [2.24, 2.45) is 0 Å². The molecule has 2 rings (SSSR count). The van der Waals surface area contributed by atoms with Crippen LogP contribution in [0.25, 0.3) is 6.08 Å². The van der Waals surface area contributed by atoms with Crippen molar-refractivity contribution in [2.45, 2.75) is 6.92 Å². The van der Waals surface area contributed by atoms with Gasteiger partial charge in [-0.05, 0) is 30.7 Å². The van der Waals surface area contributed by atoms with E-state index in [2.05, 4.69) is 0 Å². The summed E-state index contributed by atoms with van der Waals surface area (Å²) in [5.74, 6) is 0.520. The van der Waals surface area contributed by atoms with Crippen LogP contribution in [0.3, 0.4) is 0 Å². The van der Waals surface area contributed by atoms with Crippen LogP contribution in [0.1, 0.15) is 21.7 Å². The third-order valence-electron chi connectivity index (χ3n) is 3.09. The molecule has 0 spiro atoms. The first-order valence-electron chi connectivity index (χ1n) is 7.06. The van der Waals surface area contributed by atoms with E-state index in [0.29, 0.717) is 17.1 Å². The zero-order valence-electron chi connectivity index (χ0n) is 13.2. The summed E-state index contributed by atoms with van der Waals surface area (Å²) in [5, 5.41) is 8.51. The summed E-state index contributed by atoms with van der Waals surface area (Å²) in [6.07, 6.45) is 2.80. The first kappa shape index (κ1) is 17.0. The van der Waals surface area contributed by atoms with Crippen LogP contribution in [0.15, 0.2) is 45.6 Å². The van der Waals surface area contributed by atoms with Crippen molar-refractivity contribution in [3.8, 4) is 17.6 Å². The van der Waals surface area contributed by atoms with E-state index in [1.54, 1.807) is 37.3 Å². The lowest BCUT2D eigenvalue weighted by Crippen LogP contribution is -2.14. The lowest BCUT2D eigenvalue weighted by molar-refractivity contribution is 0.104. The maximum absolute atomic E-state index is 12.3. The molecule has 0 saturated heterocycles. The molecule has 0 aliphatic rings. The van der Waals surface area contributed by atoms with Gasteiger partial charge in [0, 0.05) is 6.07 Å². The van der Waals surface area contributed by atoms with Crippen molar-refractivity contribution in [2.75, 3.05) is 13.7 Å². The quantitative estimate of drug-likeness (QED) is 0.599. The summed E-state index contributed by atoms with van der Waals surface area (Å²) in [7, 11) is 1.38. The molecule has 0 unspecified atom stereocenters. The Kier molecular flexibility index (Phi) is 5.53. The average Bonchev–Trinajstić information content (AvgIpc) is 2.57. The van der Waals surface area contributed by atoms with Gasteiger partial charge in [-0.2, -0.15) is 5.26 Å². The van der Waals surface area contributed by atoms with Gasteiger partial charge in [-0.3, -0.25) is 4.79 Å². The number of nitriles is 1. The highest BCUT2D eigenvalue weighted by Gasteiger charge is 2.17. The van der Waals surface area contributed by atoms with Gasteiger partial charge >= 0.3 is 5.63 Å². The van der Waals surface area contributed by atoms with Crippen LogP contribution in [0, 0.1) is 18.3 Å². The minimum Gasteiger partial charge on any atom is -0.496 e. The molecule has 0 atom stereocenters. The molecule has 0 fully saturated rings. The number of ether oxygens (including phenoxy) is 2. The highest BCUT2D eigenvalue weighted by Crippen LogP contribution is 2.18. The Morgan fingerprint density at radius 3 is 2.88 bits per heavy atom. The molecule has 0 N–H and O–H groups in total. The number of carbonyl (C=O) groups excluding carboxylic acids is 1. The van der Waals surface area contributed by atoms with Crippen LogP contribution in [0.5, 0.6) is 11.5 Å². The molecule has 24 heavy (non-hydrogen) atoms. The Morgan fingerprint density at radius 1 is 1.38 bits per heavy atom. The number of nitrogens with zero attached hydrogens (tertiary/aromatic N) is 1. The zero-order valence-corrected chi connectivity index (χ0v) is 13.2. The van der Waals surface area contributed by atoms with Crippen molar-refractivity contribution in [1.82, 2.24) is 0 Å². The number of allylic oxidation sites excluding steroid dienone is 1. The number of hydrogen-bond acceptors (Lipinski definition) is 6. The average molecular weight is 325 g/mol. The Balaban J connectivity index is 2.26. The monoisotopic (exact) mass is 325 g/mol. The molecule has 2 aromatic rings. The number of rotatable bonds is 6. The molecule has 1 aromatic carbocycles. The highest BCUT2D eigenvalue weighted by molar-refractivity contribution is 6.08. The lowest BCUT2D eigenvalue weighted by atomic mass is 10.1. The molecular weight excluding hydrogens is 310 g/mol. The minimum atomic E-state index is -0.743. The van der Waals surface area contributed by atoms with E-state index in [0.717, 1.165) is 0 Å². The molecule has 6 heteroatoms. The Bertz CT molecular complexity index is 874. The molecule has 0 aliphatic heterocycles. The smallest absolute Gasteiger partial charge is 0.351 e. The van der Waals surface area contributed by atoms with Crippen molar-refractivity contribution >= 4 is 11.9 Å². The number of hydrogen-bond donors (Lipinski definition) is 0. The molecule has 0 aliphatic carbocycles. The normalized spacial score (nSPS) is 10.4. The van der Waals surface area contributed by atoms with Gasteiger partial charge in [0.1, 0.15) is 28.9 Å². The largest absolute Gasteiger partial charge is 0.496 e. The molecule has 0 saturated carbocycles. The van der Waals surface area contributed by atoms with Gasteiger partial charge in [0.2, 0.25) is 0 Å². The summed E-state index contributed by atoms with van der Waals surface area (Å²) in [6.45, 7) is 1.54. The maximum Gasteiger partial charge on any atom is 0.351 e. The molecular formula is C18H15NO5. The van der Waals surface area contributed by atoms with E-state index >= 15 is 0 Å². The highest BCUT2D eigenvalue weighted by atomic mass is 16.5. The predicted molar refractivity (Wildman–Crippen MR) is 87.2 cm³/mol. The molecule has 122 valence electrons. The molecule has 1 aromatic heterocycles. The fraction of sp³-hybridized carbons (Fsp3) is 0.167. The summed E-state index contributed by atoms with van der Waals surface area (Å²) in [6, 6.07) is 10.2. The van der Waals surface area contributed by atoms with Gasteiger partial charge in [-0.25, -0.2) is 4.79 Å². The fourth-order valence-corrected chi connectivity index (χ4v) is 2.05. The van der Waals surface area contributed by atoms with Crippen LogP contribution in [-0.4, -0.2) is 19.5 Å². The second kappa shape index (κ2) is 7.79. The van der Waals surface area contributed by atoms with Gasteiger partial charge in [0.25, 0.3) is 0 Å². The molecule has 6 nitrogen and oxygen atoms in total. The third-order valence-corrected chi connectivity index (χ3v) is 3.09. The molecule has 1 heterocycles. The molecule has 0 radical (unpaired) electrons. The van der Waals surface area contributed by atoms with E-state index in [1.165, 1.54) is 19.3 Å². The number of aryl methyl sites for hydroxylation is 1. The molecule has 0 bridgehead atoms. The van der Waals surface area contributed by atoms with Crippen LogP contribution in [0.2, 0.25) is 0 Å². The standard InChI is InChI=1S/C18H15NO5/c1-12-10-16(22-2)17(18(21)24-12)15(20)7-6-13-4-3-5-14(11-13)23-9-8-19/h3-7,10-11H,9H2,1-2H3/b7-6+. The second-order valence-corrected chi connectivity index (χ2v) is 4.80. The molecule has 0 amide bonds. The second-order valence-electron chi connectivity index (χ2n) is 4.80. The third kappa shape index (κ3) is 4.11. The van der Waals surface area contributed by atoms with Crippen molar-refractivity contribution in [3.05, 3.63) is 63.7 Å². The van der Waals surface area contributed by atoms with Gasteiger partial charge in [-0.1, -0.05) is 18.2 Å². The number of methoxy groups -OCH3 is 1. The van der Waals surface area contributed by atoms with Gasteiger partial charge in [0.15, 0.2) is 12.4 Å². The van der Waals surface area contributed by atoms with Crippen molar-refractivity contribution in [3.63, 3.8) is 0 Å². The number of ketones is 1. The summed E-state index contributed by atoms with van der Waals surface area (Å²) >= 11 is 0. The predicted octanol–water partition coefficient (Wildman–Crippen LogP) is 2.76. The van der Waals surface area contributed by atoms with Crippen molar-refractivity contribution < 1.29 is 18.7 Å². The van der Waals surface area contributed by atoms with Gasteiger partial charge in [0.05, 0.1) is 7.11 Å². The Morgan fingerprint density at radius 2 is 2.17 bits per heavy atom. The number of benzene rings is 1. The topological polar surface area (TPSA) is 89.5 Å². The first-order chi connectivity index (χ1) is 11.5. The Labute approximate surface area is 138 Å². The fourth-order valence-electron chi connectivity index (χ4n) is 2.05. The van der Waals surface area contributed by atoms with Gasteiger partial charge in [-0.15, -0.1) is 0 Å². The van der Waals surface area contributed by atoms with Gasteiger partial charge < -0.3 is 13.9 Å². The van der Waals surface area contributed by atoms with E-state index in [-0.39, 0.29) is 17.9 Å². The summed E-state index contributed by atoms with van der Waals surface area (Å²) < 4.78 is 15.2. The van der Waals surface area contributed by atoms with Crippen LogP contribution >= 0.6 is 0 Å². The summed E-state index contributed by atoms with van der Waals surface area (Å²) in [5.41, 5.74) is -0.210. The summed E-state index contributed by atoms with van der Waals surface area (Å²) in [4.78, 5) is 24.2. The number of carbonyl (C=O) groups is 1. The van der Waals surface area contributed by atoms with Crippen LogP contribution < -0.4 is 15.1 Å². The zero-order chi connectivity index (χ0) is 17.5. The van der Waals surface area contributed by atoms with Crippen molar-refractivity contribution in [1.29, 1.82) is 5.26 Å². The van der Waals surface area contributed by atoms with Crippen LogP contribution in [-0.2, 0) is 0 Å². The van der Waals surface area contributed by atoms with Crippen LogP contribution in [0.4, 0.5) is 0 Å². The van der Waals surface area contributed by atoms with E-state index in [1.807, 2.05) is 6.07 Å². The Hall–Kier alpha value is -3.33.